The lowest BCUT2D eigenvalue weighted by atomic mass is 10.0. The molecule has 2 nitrogen and oxygen atoms in total. The van der Waals surface area contributed by atoms with Crippen LogP contribution >= 0.6 is 0 Å². The van der Waals surface area contributed by atoms with Crippen molar-refractivity contribution in [1.82, 2.24) is 0 Å². The monoisotopic (exact) mass is 285 g/mol. The van der Waals surface area contributed by atoms with E-state index >= 15 is 0 Å². The minimum atomic E-state index is 0.493. The number of hydrogen-bond donors (Lipinski definition) is 0. The van der Waals surface area contributed by atoms with Gasteiger partial charge in [0.25, 0.3) is 0 Å². The topological polar surface area (TPSA) is 12.5 Å². The molecule has 1 aromatic carbocycles. The van der Waals surface area contributed by atoms with Crippen LogP contribution in [0.4, 0.5) is 5.69 Å². The summed E-state index contributed by atoms with van der Waals surface area (Å²) in [7, 11) is 0. The molecule has 0 bridgehead atoms. The fourth-order valence-electron chi connectivity index (χ4n) is 2.51. The second-order valence-corrected chi connectivity index (χ2v) is 5.69. The van der Waals surface area contributed by atoms with Crippen LogP contribution in [0.1, 0.15) is 51.7 Å². The van der Waals surface area contributed by atoms with Crippen molar-refractivity contribution in [2.45, 2.75) is 53.2 Å². The van der Waals surface area contributed by atoms with Crippen LogP contribution in [-0.4, -0.2) is 19.2 Å². The lowest BCUT2D eigenvalue weighted by Gasteiger charge is -2.28. The average Bonchev–Trinajstić information content (AvgIpc) is 3.33. The Labute approximate surface area is 129 Å². The zero-order chi connectivity index (χ0) is 15.2. The van der Waals surface area contributed by atoms with E-state index in [1.165, 1.54) is 24.1 Å². The highest BCUT2D eigenvalue weighted by Crippen LogP contribution is 2.30. The van der Waals surface area contributed by atoms with E-state index in [-0.39, 0.29) is 0 Å². The van der Waals surface area contributed by atoms with Crippen LogP contribution in [-0.2, 0) is 11.3 Å². The van der Waals surface area contributed by atoms with Crippen LogP contribution < -0.4 is 4.90 Å². The summed E-state index contributed by atoms with van der Waals surface area (Å²) in [5, 5.41) is 0. The predicted molar refractivity (Wildman–Crippen MR) is 89.5 cm³/mol. The van der Waals surface area contributed by atoms with Gasteiger partial charge in [-0.25, -0.2) is 0 Å². The van der Waals surface area contributed by atoms with E-state index in [0.717, 1.165) is 18.7 Å². The van der Waals surface area contributed by atoms with Crippen LogP contribution in [0, 0.1) is 17.8 Å². The molecule has 2 heteroatoms. The van der Waals surface area contributed by atoms with Gasteiger partial charge in [-0.05, 0) is 38.8 Å². The van der Waals surface area contributed by atoms with Gasteiger partial charge in [0.1, 0.15) is 0 Å². The van der Waals surface area contributed by atoms with Crippen LogP contribution in [0.3, 0.4) is 0 Å². The Kier molecular flexibility index (Phi) is 5.70. The van der Waals surface area contributed by atoms with Gasteiger partial charge in [0, 0.05) is 35.3 Å². The van der Waals surface area contributed by atoms with E-state index in [4.69, 9.17) is 4.74 Å². The highest BCUT2D eigenvalue weighted by molar-refractivity contribution is 5.61. The number of anilines is 1. The molecule has 1 aromatic rings. The molecule has 0 amide bonds. The number of ether oxygens (including phenoxy) is 1. The molecule has 0 saturated heterocycles. The van der Waals surface area contributed by atoms with Gasteiger partial charge >= 0.3 is 0 Å². The van der Waals surface area contributed by atoms with E-state index in [0.29, 0.717) is 18.6 Å². The minimum absolute atomic E-state index is 0.493. The summed E-state index contributed by atoms with van der Waals surface area (Å²) in [5.74, 6) is 7.37. The molecule has 3 rings (SSSR count). The molecular weight excluding hydrogens is 258 g/mol. The first-order chi connectivity index (χ1) is 10.3. The van der Waals surface area contributed by atoms with E-state index in [1.54, 1.807) is 0 Å². The fraction of sp³-hybridized carbons (Fsp3) is 0.579. The van der Waals surface area contributed by atoms with E-state index in [1.807, 2.05) is 13.8 Å². The Morgan fingerprint density at radius 2 is 2.00 bits per heavy atom. The fourth-order valence-corrected chi connectivity index (χ4v) is 2.51. The first kappa shape index (κ1) is 15.9. The summed E-state index contributed by atoms with van der Waals surface area (Å²) in [6.07, 6.45) is 2.55. The van der Waals surface area contributed by atoms with Gasteiger partial charge in [0.05, 0.1) is 13.2 Å². The third-order valence-corrected chi connectivity index (χ3v) is 3.80. The Balaban J connectivity index is 0.000000774. The van der Waals surface area contributed by atoms with E-state index < -0.39 is 0 Å². The molecule has 114 valence electrons. The first-order valence-corrected chi connectivity index (χ1v) is 8.23. The SMILES string of the molecule is CC.CC(C)N1CCOCc2c(C#CC3CC3)cccc21. The van der Waals surface area contributed by atoms with Crippen molar-refractivity contribution in [1.29, 1.82) is 0 Å². The standard InChI is InChI=1S/C17H21NO.C2H6/c1-13(2)18-10-11-19-12-16-15(4-3-5-17(16)18)9-8-14-6-7-14;1-2/h3-5,13-14H,6-7,10-12H2,1-2H3;1-2H3. The molecule has 0 radical (unpaired) electrons. The number of nitrogens with zero attached hydrogens (tertiary/aromatic N) is 1. The highest BCUT2D eigenvalue weighted by Gasteiger charge is 2.20. The third kappa shape index (κ3) is 4.02. The van der Waals surface area contributed by atoms with Gasteiger partial charge in [-0.2, -0.15) is 0 Å². The zero-order valence-corrected chi connectivity index (χ0v) is 13.8. The van der Waals surface area contributed by atoms with Crippen LogP contribution in [0.25, 0.3) is 0 Å². The predicted octanol–water partition coefficient (Wildman–Crippen LogP) is 4.22. The second kappa shape index (κ2) is 7.52. The van der Waals surface area contributed by atoms with Gasteiger partial charge in [0.15, 0.2) is 0 Å². The van der Waals surface area contributed by atoms with Gasteiger partial charge in [-0.15, -0.1) is 0 Å². The quantitative estimate of drug-likeness (QED) is 0.716. The second-order valence-electron chi connectivity index (χ2n) is 5.69. The Hall–Kier alpha value is -1.46. The maximum Gasteiger partial charge on any atom is 0.0750 e. The summed E-state index contributed by atoms with van der Waals surface area (Å²) in [6.45, 7) is 10.9. The number of benzene rings is 1. The number of fused-ring (bicyclic) bond motifs is 1. The summed E-state index contributed by atoms with van der Waals surface area (Å²) in [6, 6.07) is 6.94. The summed E-state index contributed by atoms with van der Waals surface area (Å²) >= 11 is 0. The molecule has 1 heterocycles. The van der Waals surface area contributed by atoms with Gasteiger partial charge in [0.2, 0.25) is 0 Å². The molecular formula is C19H27NO. The smallest absolute Gasteiger partial charge is 0.0750 e. The van der Waals surface area contributed by atoms with Crippen molar-refractivity contribution in [3.63, 3.8) is 0 Å². The first-order valence-electron chi connectivity index (χ1n) is 8.23. The van der Waals surface area contributed by atoms with Crippen LogP contribution in [0.5, 0.6) is 0 Å². The normalized spacial score (nSPS) is 17.1. The summed E-state index contributed by atoms with van der Waals surface area (Å²) in [5.41, 5.74) is 3.72. The van der Waals surface area contributed by atoms with Crippen molar-refractivity contribution >= 4 is 5.69 Å². The molecule has 0 atom stereocenters. The maximum atomic E-state index is 5.76. The molecule has 2 aliphatic rings. The van der Waals surface area contributed by atoms with Crippen molar-refractivity contribution in [2.75, 3.05) is 18.1 Å². The molecule has 0 unspecified atom stereocenters. The zero-order valence-electron chi connectivity index (χ0n) is 13.8. The lowest BCUT2D eigenvalue weighted by Crippen LogP contribution is -2.33. The van der Waals surface area contributed by atoms with Gasteiger partial charge in [-0.1, -0.05) is 31.8 Å². The molecule has 21 heavy (non-hydrogen) atoms. The average molecular weight is 285 g/mol. The molecule has 0 spiro atoms. The Morgan fingerprint density at radius 1 is 1.24 bits per heavy atom. The maximum absolute atomic E-state index is 5.76. The molecule has 1 aliphatic carbocycles. The van der Waals surface area contributed by atoms with Crippen LogP contribution in [0.2, 0.25) is 0 Å². The van der Waals surface area contributed by atoms with Crippen molar-refractivity contribution < 1.29 is 4.74 Å². The number of rotatable bonds is 1. The lowest BCUT2D eigenvalue weighted by molar-refractivity contribution is 0.131. The molecule has 1 saturated carbocycles. The summed E-state index contributed by atoms with van der Waals surface area (Å²) in [4.78, 5) is 2.42. The van der Waals surface area contributed by atoms with Crippen molar-refractivity contribution in [3.05, 3.63) is 29.3 Å². The third-order valence-electron chi connectivity index (χ3n) is 3.80. The molecule has 1 fully saturated rings. The van der Waals surface area contributed by atoms with Crippen LogP contribution in [0.15, 0.2) is 18.2 Å². The summed E-state index contributed by atoms with van der Waals surface area (Å²) < 4.78 is 5.76. The van der Waals surface area contributed by atoms with E-state index in [2.05, 4.69) is 48.8 Å². The molecule has 1 aliphatic heterocycles. The molecule has 0 N–H and O–H groups in total. The number of hydrogen-bond acceptors (Lipinski definition) is 2. The largest absolute Gasteiger partial charge is 0.375 e. The Morgan fingerprint density at radius 3 is 2.67 bits per heavy atom. The molecule has 0 aromatic heterocycles. The van der Waals surface area contributed by atoms with Crippen molar-refractivity contribution in [3.8, 4) is 11.8 Å². The van der Waals surface area contributed by atoms with Crippen molar-refractivity contribution in [2.24, 2.45) is 5.92 Å². The van der Waals surface area contributed by atoms with Gasteiger partial charge < -0.3 is 9.64 Å². The van der Waals surface area contributed by atoms with E-state index in [9.17, 15) is 0 Å². The minimum Gasteiger partial charge on any atom is -0.375 e. The highest BCUT2D eigenvalue weighted by atomic mass is 16.5. The van der Waals surface area contributed by atoms with Gasteiger partial charge in [-0.3, -0.25) is 0 Å². The Bertz CT molecular complexity index is 520.